The van der Waals surface area contributed by atoms with Crippen molar-refractivity contribution in [3.05, 3.63) is 89.3 Å². The molecular formula is C23H17ClN2O2S. The number of halogens is 1. The molecule has 1 N–H and O–H groups in total. The first kappa shape index (κ1) is 19.2. The average molecular weight is 421 g/mol. The van der Waals surface area contributed by atoms with Gasteiger partial charge in [0.05, 0.1) is 5.69 Å². The van der Waals surface area contributed by atoms with Crippen molar-refractivity contribution >= 4 is 34.0 Å². The van der Waals surface area contributed by atoms with Gasteiger partial charge in [-0.1, -0.05) is 66.2 Å². The number of carbonyl (C=O) groups excluding carboxylic acids is 1. The smallest absolute Gasteiger partial charge is 0.264 e. The van der Waals surface area contributed by atoms with Crippen LogP contribution < -0.4 is 10.1 Å². The zero-order valence-corrected chi connectivity index (χ0v) is 16.9. The molecule has 4 rings (SSSR count). The molecule has 0 spiro atoms. The molecule has 0 fully saturated rings. The highest BCUT2D eigenvalue weighted by Gasteiger charge is 2.09. The molecule has 0 aliphatic heterocycles. The standard InChI is InChI=1S/C23H17ClN2O2S/c24-19-10-12-20(13-11-19)28-14-22(27)26-23-25-21(15-29-23)18-8-6-17(7-9-18)16-4-2-1-3-5-16/h1-13,15H,14H2,(H,25,26,27). The summed E-state index contributed by atoms with van der Waals surface area (Å²) < 4.78 is 5.45. The van der Waals surface area contributed by atoms with Crippen LogP contribution in [0.4, 0.5) is 5.13 Å². The predicted molar refractivity (Wildman–Crippen MR) is 119 cm³/mol. The second kappa shape index (κ2) is 8.90. The minimum Gasteiger partial charge on any atom is -0.484 e. The number of ether oxygens (including phenoxy) is 1. The molecule has 0 aliphatic carbocycles. The van der Waals surface area contributed by atoms with E-state index in [-0.39, 0.29) is 12.5 Å². The third-order valence-corrected chi connectivity index (χ3v) is 5.23. The van der Waals surface area contributed by atoms with Gasteiger partial charge in [-0.3, -0.25) is 10.1 Å². The molecule has 6 heteroatoms. The summed E-state index contributed by atoms with van der Waals surface area (Å²) in [6.45, 7) is -0.0949. The number of benzene rings is 3. The minimum absolute atomic E-state index is 0.0949. The lowest BCUT2D eigenvalue weighted by atomic mass is 10.0. The van der Waals surface area contributed by atoms with Crippen LogP contribution in [-0.2, 0) is 4.79 Å². The summed E-state index contributed by atoms with van der Waals surface area (Å²) in [6, 6.07) is 25.3. The third-order valence-electron chi connectivity index (χ3n) is 4.22. The fourth-order valence-electron chi connectivity index (χ4n) is 2.76. The highest BCUT2D eigenvalue weighted by atomic mass is 35.5. The zero-order chi connectivity index (χ0) is 20.1. The number of nitrogens with zero attached hydrogens (tertiary/aromatic N) is 1. The number of carbonyl (C=O) groups is 1. The summed E-state index contributed by atoms with van der Waals surface area (Å²) in [5.74, 6) is 0.322. The summed E-state index contributed by atoms with van der Waals surface area (Å²) in [4.78, 5) is 16.6. The molecule has 0 bridgehead atoms. The van der Waals surface area contributed by atoms with E-state index in [0.29, 0.717) is 15.9 Å². The Kier molecular flexibility index (Phi) is 5.89. The largest absolute Gasteiger partial charge is 0.484 e. The summed E-state index contributed by atoms with van der Waals surface area (Å²) >= 11 is 7.21. The summed E-state index contributed by atoms with van der Waals surface area (Å²) in [5.41, 5.74) is 4.14. The van der Waals surface area contributed by atoms with Gasteiger partial charge in [-0.2, -0.15) is 0 Å². The monoisotopic (exact) mass is 420 g/mol. The Morgan fingerprint density at radius 3 is 2.28 bits per heavy atom. The Morgan fingerprint density at radius 1 is 0.897 bits per heavy atom. The van der Waals surface area contributed by atoms with E-state index in [1.807, 2.05) is 35.7 Å². The number of hydrogen-bond acceptors (Lipinski definition) is 4. The molecule has 1 aromatic heterocycles. The zero-order valence-electron chi connectivity index (χ0n) is 15.3. The maximum absolute atomic E-state index is 12.1. The van der Waals surface area contributed by atoms with Crippen molar-refractivity contribution in [2.24, 2.45) is 0 Å². The van der Waals surface area contributed by atoms with Crippen molar-refractivity contribution in [1.29, 1.82) is 0 Å². The SMILES string of the molecule is O=C(COc1ccc(Cl)cc1)Nc1nc(-c2ccc(-c3ccccc3)cc2)cs1. The van der Waals surface area contributed by atoms with E-state index in [2.05, 4.69) is 34.6 Å². The van der Waals surface area contributed by atoms with E-state index in [0.717, 1.165) is 16.8 Å². The first-order valence-electron chi connectivity index (χ1n) is 8.97. The van der Waals surface area contributed by atoms with Crippen LogP contribution >= 0.6 is 22.9 Å². The molecular weight excluding hydrogens is 404 g/mol. The maximum atomic E-state index is 12.1. The lowest BCUT2D eigenvalue weighted by Gasteiger charge is -2.05. The second-order valence-electron chi connectivity index (χ2n) is 6.27. The van der Waals surface area contributed by atoms with Gasteiger partial charge in [0.15, 0.2) is 11.7 Å². The van der Waals surface area contributed by atoms with Gasteiger partial charge in [-0.15, -0.1) is 11.3 Å². The molecule has 0 saturated heterocycles. The molecule has 4 nitrogen and oxygen atoms in total. The Morgan fingerprint density at radius 2 is 1.55 bits per heavy atom. The molecule has 0 radical (unpaired) electrons. The molecule has 0 aliphatic rings. The Balaban J connectivity index is 1.36. The molecule has 0 unspecified atom stereocenters. The topological polar surface area (TPSA) is 51.2 Å². The van der Waals surface area contributed by atoms with Crippen LogP contribution in [0.3, 0.4) is 0 Å². The predicted octanol–water partition coefficient (Wildman–Crippen LogP) is 6.15. The summed E-state index contributed by atoms with van der Waals surface area (Å²) in [5, 5.41) is 5.85. The number of amides is 1. The van der Waals surface area contributed by atoms with E-state index in [9.17, 15) is 4.79 Å². The number of aromatic nitrogens is 1. The summed E-state index contributed by atoms with van der Waals surface area (Å²) in [7, 11) is 0. The number of anilines is 1. The number of thiazole rings is 1. The van der Waals surface area contributed by atoms with Crippen molar-refractivity contribution in [1.82, 2.24) is 4.98 Å². The van der Waals surface area contributed by atoms with Gasteiger partial charge >= 0.3 is 0 Å². The van der Waals surface area contributed by atoms with Gasteiger partial charge in [0.2, 0.25) is 0 Å². The Labute approximate surface area is 177 Å². The van der Waals surface area contributed by atoms with Crippen LogP contribution in [0.25, 0.3) is 22.4 Å². The number of rotatable bonds is 6. The minimum atomic E-state index is -0.264. The van der Waals surface area contributed by atoms with Crippen LogP contribution in [0.15, 0.2) is 84.2 Å². The maximum Gasteiger partial charge on any atom is 0.264 e. The fraction of sp³-hybridized carbons (Fsp3) is 0.0435. The molecule has 4 aromatic rings. The van der Waals surface area contributed by atoms with Gasteiger partial charge in [-0.05, 0) is 35.4 Å². The molecule has 3 aromatic carbocycles. The Hall–Kier alpha value is -3.15. The highest BCUT2D eigenvalue weighted by Crippen LogP contribution is 2.27. The fourth-order valence-corrected chi connectivity index (χ4v) is 3.62. The quantitative estimate of drug-likeness (QED) is 0.407. The van der Waals surface area contributed by atoms with Gasteiger partial charge < -0.3 is 4.74 Å². The van der Waals surface area contributed by atoms with Crippen molar-refractivity contribution in [3.8, 4) is 28.1 Å². The van der Waals surface area contributed by atoms with Crippen LogP contribution in [-0.4, -0.2) is 17.5 Å². The first-order chi connectivity index (χ1) is 14.2. The van der Waals surface area contributed by atoms with Crippen molar-refractivity contribution in [3.63, 3.8) is 0 Å². The third kappa shape index (κ3) is 5.02. The highest BCUT2D eigenvalue weighted by molar-refractivity contribution is 7.14. The number of nitrogens with one attached hydrogen (secondary N) is 1. The Bertz CT molecular complexity index is 1090. The van der Waals surface area contributed by atoms with E-state index < -0.39 is 0 Å². The van der Waals surface area contributed by atoms with E-state index in [1.54, 1.807) is 24.3 Å². The lowest BCUT2D eigenvalue weighted by molar-refractivity contribution is -0.118. The molecule has 1 heterocycles. The average Bonchev–Trinajstić information content (AvgIpc) is 3.22. The van der Waals surface area contributed by atoms with Gasteiger partial charge in [0, 0.05) is 16.0 Å². The molecule has 29 heavy (non-hydrogen) atoms. The molecule has 144 valence electrons. The number of hydrogen-bond donors (Lipinski definition) is 1. The van der Waals surface area contributed by atoms with Crippen molar-refractivity contribution < 1.29 is 9.53 Å². The van der Waals surface area contributed by atoms with Crippen LogP contribution in [0.2, 0.25) is 5.02 Å². The van der Waals surface area contributed by atoms with Crippen LogP contribution in [0.5, 0.6) is 5.75 Å². The van der Waals surface area contributed by atoms with Crippen LogP contribution in [0.1, 0.15) is 0 Å². The van der Waals surface area contributed by atoms with Gasteiger partial charge in [-0.25, -0.2) is 4.98 Å². The van der Waals surface area contributed by atoms with Gasteiger partial charge in [0.1, 0.15) is 5.75 Å². The van der Waals surface area contributed by atoms with Crippen LogP contribution in [0, 0.1) is 0 Å². The van der Waals surface area contributed by atoms with Crippen molar-refractivity contribution in [2.45, 2.75) is 0 Å². The lowest BCUT2D eigenvalue weighted by Crippen LogP contribution is -2.20. The molecule has 0 atom stereocenters. The normalized spacial score (nSPS) is 10.5. The second-order valence-corrected chi connectivity index (χ2v) is 7.57. The first-order valence-corrected chi connectivity index (χ1v) is 10.2. The molecule has 1 amide bonds. The summed E-state index contributed by atoms with van der Waals surface area (Å²) in [6.07, 6.45) is 0. The van der Waals surface area contributed by atoms with E-state index >= 15 is 0 Å². The van der Waals surface area contributed by atoms with Crippen molar-refractivity contribution in [2.75, 3.05) is 11.9 Å². The van der Waals surface area contributed by atoms with E-state index in [4.69, 9.17) is 16.3 Å². The van der Waals surface area contributed by atoms with Gasteiger partial charge in [0.25, 0.3) is 5.91 Å². The van der Waals surface area contributed by atoms with E-state index in [1.165, 1.54) is 16.9 Å². The molecule has 0 saturated carbocycles.